The first-order chi connectivity index (χ1) is 11.5. The van der Waals surface area contributed by atoms with Gasteiger partial charge in [0.15, 0.2) is 0 Å². The van der Waals surface area contributed by atoms with E-state index in [9.17, 15) is 4.79 Å². The Kier molecular flexibility index (Phi) is 4.18. The molecular weight excluding hydrogens is 302 g/mol. The van der Waals surface area contributed by atoms with Crippen LogP contribution in [0.1, 0.15) is 36.8 Å². The number of aryl methyl sites for hydroxylation is 2. The molecule has 0 aliphatic heterocycles. The van der Waals surface area contributed by atoms with Crippen LogP contribution in [0.15, 0.2) is 24.4 Å². The van der Waals surface area contributed by atoms with Gasteiger partial charge in [0.1, 0.15) is 11.4 Å². The first kappa shape index (κ1) is 16.3. The molecular formula is C19H23N3O2. The molecule has 1 N–H and O–H groups in total. The van der Waals surface area contributed by atoms with Crippen LogP contribution >= 0.6 is 0 Å². The third kappa shape index (κ3) is 2.50. The molecule has 2 heterocycles. The van der Waals surface area contributed by atoms with Crippen LogP contribution in [0.25, 0.3) is 21.8 Å². The number of aromatic nitrogens is 2. The average Bonchev–Trinajstić information content (AvgIpc) is 2.82. The summed E-state index contributed by atoms with van der Waals surface area (Å²) < 4.78 is 8.11. The predicted octanol–water partition coefficient (Wildman–Crippen LogP) is 3.57. The van der Waals surface area contributed by atoms with E-state index in [2.05, 4.69) is 20.9 Å². The van der Waals surface area contributed by atoms with E-state index in [1.54, 1.807) is 6.20 Å². The molecule has 0 atom stereocenters. The highest BCUT2D eigenvalue weighted by Gasteiger charge is 2.20. The van der Waals surface area contributed by atoms with Crippen LogP contribution in [0.5, 0.6) is 5.75 Å². The van der Waals surface area contributed by atoms with Crippen LogP contribution < -0.4 is 10.1 Å². The van der Waals surface area contributed by atoms with Gasteiger partial charge in [0.05, 0.1) is 23.3 Å². The molecule has 2 aromatic heterocycles. The molecule has 3 aromatic rings. The molecule has 126 valence electrons. The van der Waals surface area contributed by atoms with Gasteiger partial charge in [-0.25, -0.2) is 4.98 Å². The Morgan fingerprint density at radius 2 is 2.04 bits per heavy atom. The van der Waals surface area contributed by atoms with E-state index in [1.807, 2.05) is 46.9 Å². The lowest BCUT2D eigenvalue weighted by molar-refractivity contribution is 0.0950. The number of rotatable bonds is 4. The fourth-order valence-electron chi connectivity index (χ4n) is 3.17. The quantitative estimate of drug-likeness (QED) is 0.798. The summed E-state index contributed by atoms with van der Waals surface area (Å²) in [5.41, 5.74) is 3.41. The monoisotopic (exact) mass is 325 g/mol. The first-order valence-electron chi connectivity index (χ1n) is 8.27. The lowest BCUT2D eigenvalue weighted by atomic mass is 10.1. The molecule has 0 aliphatic rings. The molecule has 5 heteroatoms. The minimum absolute atomic E-state index is 0.0795. The lowest BCUT2D eigenvalue weighted by Gasteiger charge is -2.12. The Bertz CT molecular complexity index is 925. The summed E-state index contributed by atoms with van der Waals surface area (Å²) in [6.45, 7) is 8.45. The summed E-state index contributed by atoms with van der Waals surface area (Å²) >= 11 is 0. The molecule has 5 nitrogen and oxygen atoms in total. The normalized spacial score (nSPS) is 11.4. The van der Waals surface area contributed by atoms with Crippen LogP contribution in [0.4, 0.5) is 0 Å². The zero-order valence-electron chi connectivity index (χ0n) is 14.8. The lowest BCUT2D eigenvalue weighted by Crippen LogP contribution is -2.24. The molecule has 0 unspecified atom stereocenters. The van der Waals surface area contributed by atoms with E-state index >= 15 is 0 Å². The number of fused-ring (bicyclic) bond motifs is 3. The maximum Gasteiger partial charge on any atom is 0.270 e. The molecule has 0 saturated heterocycles. The molecule has 1 amide bonds. The van der Waals surface area contributed by atoms with Crippen LogP contribution in [-0.4, -0.2) is 28.1 Å². The summed E-state index contributed by atoms with van der Waals surface area (Å²) in [6.07, 6.45) is 1.85. The maximum atomic E-state index is 12.3. The van der Waals surface area contributed by atoms with Crippen molar-refractivity contribution in [2.45, 2.75) is 33.8 Å². The third-order valence-corrected chi connectivity index (χ3v) is 4.19. The molecule has 0 aliphatic carbocycles. The van der Waals surface area contributed by atoms with E-state index in [1.165, 1.54) is 0 Å². The van der Waals surface area contributed by atoms with E-state index in [0.717, 1.165) is 33.1 Å². The second-order valence-electron chi connectivity index (χ2n) is 6.23. The van der Waals surface area contributed by atoms with Gasteiger partial charge >= 0.3 is 0 Å². The predicted molar refractivity (Wildman–Crippen MR) is 96.7 cm³/mol. The molecule has 0 bridgehead atoms. The number of nitrogens with zero attached hydrogens (tertiary/aromatic N) is 2. The molecule has 3 rings (SSSR count). The Balaban J connectivity index is 2.37. The number of nitrogens with one attached hydrogen (secondary N) is 1. The highest BCUT2D eigenvalue weighted by Crippen LogP contribution is 2.37. The second-order valence-corrected chi connectivity index (χ2v) is 6.23. The zero-order chi connectivity index (χ0) is 17.4. The van der Waals surface area contributed by atoms with Gasteiger partial charge in [-0.15, -0.1) is 0 Å². The van der Waals surface area contributed by atoms with Crippen molar-refractivity contribution in [2.24, 2.45) is 7.05 Å². The standard InChI is InChI=1S/C19H23N3O2/c1-6-20-19(23)18-12(4)16-14(10-21-18)22(5)13-8-7-9-15(17(13)16)24-11(2)3/h7-11H,6H2,1-5H3,(H,20,23). The van der Waals surface area contributed by atoms with Crippen LogP contribution in [0.3, 0.4) is 0 Å². The average molecular weight is 325 g/mol. The number of amides is 1. The number of hydrogen-bond donors (Lipinski definition) is 1. The van der Waals surface area contributed by atoms with Crippen LogP contribution in [0, 0.1) is 6.92 Å². The zero-order valence-corrected chi connectivity index (χ0v) is 14.8. The van der Waals surface area contributed by atoms with Gasteiger partial charge < -0.3 is 14.6 Å². The number of hydrogen-bond acceptors (Lipinski definition) is 3. The van der Waals surface area contributed by atoms with Crippen LogP contribution in [-0.2, 0) is 7.05 Å². The number of benzene rings is 1. The topological polar surface area (TPSA) is 56.1 Å². The Morgan fingerprint density at radius 1 is 1.29 bits per heavy atom. The fraction of sp³-hybridized carbons (Fsp3) is 0.368. The van der Waals surface area contributed by atoms with Gasteiger partial charge in [-0.2, -0.15) is 0 Å². The Labute approximate surface area is 141 Å². The molecule has 0 saturated carbocycles. The van der Waals surface area contributed by atoms with Crippen molar-refractivity contribution in [3.63, 3.8) is 0 Å². The van der Waals surface area contributed by atoms with Gasteiger partial charge in [0, 0.05) is 24.4 Å². The first-order valence-corrected chi connectivity index (χ1v) is 8.27. The highest BCUT2D eigenvalue weighted by molar-refractivity contribution is 6.14. The Morgan fingerprint density at radius 3 is 2.71 bits per heavy atom. The van der Waals surface area contributed by atoms with Crippen molar-refractivity contribution in [1.29, 1.82) is 0 Å². The number of ether oxygens (including phenoxy) is 1. The van der Waals surface area contributed by atoms with Crippen molar-refractivity contribution in [2.75, 3.05) is 6.54 Å². The van der Waals surface area contributed by atoms with Crippen molar-refractivity contribution < 1.29 is 9.53 Å². The largest absolute Gasteiger partial charge is 0.490 e. The minimum atomic E-state index is -0.142. The summed E-state index contributed by atoms with van der Waals surface area (Å²) in [4.78, 5) is 16.7. The van der Waals surface area contributed by atoms with E-state index in [4.69, 9.17) is 4.74 Å². The van der Waals surface area contributed by atoms with E-state index < -0.39 is 0 Å². The summed E-state index contributed by atoms with van der Waals surface area (Å²) in [5.74, 6) is 0.695. The summed E-state index contributed by atoms with van der Waals surface area (Å²) in [5, 5.41) is 4.89. The molecule has 24 heavy (non-hydrogen) atoms. The van der Waals surface area contributed by atoms with Gasteiger partial charge in [0.25, 0.3) is 5.91 Å². The van der Waals surface area contributed by atoms with E-state index in [-0.39, 0.29) is 12.0 Å². The number of carbonyl (C=O) groups is 1. The van der Waals surface area contributed by atoms with E-state index in [0.29, 0.717) is 12.2 Å². The minimum Gasteiger partial charge on any atom is -0.490 e. The third-order valence-electron chi connectivity index (χ3n) is 4.19. The van der Waals surface area contributed by atoms with Crippen molar-refractivity contribution in [3.05, 3.63) is 35.7 Å². The second kappa shape index (κ2) is 6.15. The molecule has 1 aromatic carbocycles. The summed E-state index contributed by atoms with van der Waals surface area (Å²) in [6, 6.07) is 6.04. The fourth-order valence-corrected chi connectivity index (χ4v) is 3.17. The number of carbonyl (C=O) groups excluding carboxylic acids is 1. The smallest absolute Gasteiger partial charge is 0.270 e. The van der Waals surface area contributed by atoms with Gasteiger partial charge in [-0.3, -0.25) is 4.79 Å². The highest BCUT2D eigenvalue weighted by atomic mass is 16.5. The summed E-state index contributed by atoms with van der Waals surface area (Å²) in [7, 11) is 2.01. The van der Waals surface area contributed by atoms with Gasteiger partial charge in [-0.05, 0) is 45.4 Å². The van der Waals surface area contributed by atoms with Crippen molar-refractivity contribution in [3.8, 4) is 5.75 Å². The van der Waals surface area contributed by atoms with Crippen molar-refractivity contribution >= 4 is 27.7 Å². The van der Waals surface area contributed by atoms with Crippen molar-refractivity contribution in [1.82, 2.24) is 14.9 Å². The van der Waals surface area contributed by atoms with Gasteiger partial charge in [-0.1, -0.05) is 6.07 Å². The van der Waals surface area contributed by atoms with Crippen LogP contribution in [0.2, 0.25) is 0 Å². The molecule has 0 spiro atoms. The molecule has 0 radical (unpaired) electrons. The Hall–Kier alpha value is -2.56. The maximum absolute atomic E-state index is 12.3. The SMILES string of the molecule is CCNC(=O)c1ncc2c(c1C)c1c(OC(C)C)cccc1n2C. The number of pyridine rings is 1. The molecule has 0 fully saturated rings. The van der Waals surface area contributed by atoms with Gasteiger partial charge in [0.2, 0.25) is 0 Å².